The van der Waals surface area contributed by atoms with Gasteiger partial charge in [0.1, 0.15) is 6.04 Å². The molecule has 2 amide bonds. The molecule has 1 fully saturated rings. The molecule has 1 aliphatic rings. The van der Waals surface area contributed by atoms with Crippen molar-refractivity contribution >= 4 is 17.8 Å². The van der Waals surface area contributed by atoms with E-state index in [9.17, 15) is 19.5 Å². The zero-order valence-corrected chi connectivity index (χ0v) is 19.3. The second-order valence-corrected chi connectivity index (χ2v) is 9.64. The Labute approximate surface area is 175 Å². The summed E-state index contributed by atoms with van der Waals surface area (Å²) in [5, 5.41) is 12.2. The summed E-state index contributed by atoms with van der Waals surface area (Å²) < 4.78 is 0. The molecule has 1 unspecified atom stereocenters. The lowest BCUT2D eigenvalue weighted by molar-refractivity contribution is -0.141. The van der Waals surface area contributed by atoms with Crippen LogP contribution in [0.25, 0.3) is 0 Å². The van der Waals surface area contributed by atoms with Crippen molar-refractivity contribution in [1.82, 2.24) is 15.1 Å². The molecule has 0 saturated carbocycles. The summed E-state index contributed by atoms with van der Waals surface area (Å²) in [6.07, 6.45) is 4.49. The van der Waals surface area contributed by atoms with Crippen molar-refractivity contribution < 1.29 is 19.5 Å². The number of carbonyl (C=O) groups is 3. The van der Waals surface area contributed by atoms with Crippen LogP contribution < -0.4 is 5.32 Å². The topological polar surface area (TPSA) is 90.0 Å². The highest BCUT2D eigenvalue weighted by Gasteiger charge is 2.39. The van der Waals surface area contributed by atoms with Crippen molar-refractivity contribution in [2.75, 3.05) is 20.6 Å². The molecule has 2 N–H and O–H groups in total. The van der Waals surface area contributed by atoms with Gasteiger partial charge in [0.2, 0.25) is 11.8 Å². The Morgan fingerprint density at radius 3 is 2.24 bits per heavy atom. The van der Waals surface area contributed by atoms with Crippen molar-refractivity contribution in [3.63, 3.8) is 0 Å². The molecule has 0 aromatic rings. The minimum atomic E-state index is -1.00. The smallest absolute Gasteiger partial charge is 0.331 e. The van der Waals surface area contributed by atoms with Crippen LogP contribution in [0.2, 0.25) is 0 Å². The van der Waals surface area contributed by atoms with Crippen LogP contribution in [-0.2, 0) is 14.4 Å². The van der Waals surface area contributed by atoms with Gasteiger partial charge in [-0.15, -0.1) is 0 Å². The average Bonchev–Trinajstić information content (AvgIpc) is 2.61. The van der Waals surface area contributed by atoms with E-state index in [1.807, 2.05) is 46.6 Å². The Hall–Kier alpha value is -1.89. The number of nitrogens with one attached hydrogen (secondary N) is 1. The third-order valence-electron chi connectivity index (χ3n) is 5.71. The number of carbonyl (C=O) groups excluding carboxylic acids is 2. The maximum Gasteiger partial charge on any atom is 0.331 e. The van der Waals surface area contributed by atoms with Crippen LogP contribution in [-0.4, -0.2) is 71.5 Å². The van der Waals surface area contributed by atoms with E-state index in [1.165, 1.54) is 6.92 Å². The number of likely N-dealkylation sites (tertiary alicyclic amines) is 1. The summed E-state index contributed by atoms with van der Waals surface area (Å²) in [6.45, 7) is 12.1. The normalized spacial score (nSPS) is 20.9. The van der Waals surface area contributed by atoms with Gasteiger partial charge in [-0.3, -0.25) is 14.5 Å². The SMILES string of the molecule is CC(=C[C@H](C(C)C)N(C)C(=O)[C@@H](NC(=O)C1CCCCN1C)C(C)(C)C)C(=O)O. The number of nitrogens with zero attached hydrogens (tertiary/aromatic N) is 2. The third kappa shape index (κ3) is 6.84. The summed E-state index contributed by atoms with van der Waals surface area (Å²) in [7, 11) is 3.62. The van der Waals surface area contributed by atoms with E-state index in [0.717, 1.165) is 25.8 Å². The Kier molecular flexibility index (Phi) is 8.87. The lowest BCUT2D eigenvalue weighted by Gasteiger charge is -2.39. The molecule has 0 aromatic carbocycles. The Bertz CT molecular complexity index is 636. The first-order valence-electron chi connectivity index (χ1n) is 10.5. The highest BCUT2D eigenvalue weighted by molar-refractivity contribution is 5.91. The van der Waals surface area contributed by atoms with Crippen LogP contribution in [0.5, 0.6) is 0 Å². The van der Waals surface area contributed by atoms with Crippen LogP contribution in [0.4, 0.5) is 0 Å². The molecule has 7 nitrogen and oxygen atoms in total. The molecule has 1 saturated heterocycles. The van der Waals surface area contributed by atoms with E-state index >= 15 is 0 Å². The largest absolute Gasteiger partial charge is 0.478 e. The zero-order valence-electron chi connectivity index (χ0n) is 19.3. The summed E-state index contributed by atoms with van der Waals surface area (Å²) in [5.74, 6) is -1.30. The van der Waals surface area contributed by atoms with Gasteiger partial charge in [0.05, 0.1) is 12.1 Å². The van der Waals surface area contributed by atoms with Crippen LogP contribution in [0.3, 0.4) is 0 Å². The molecular formula is C22H39N3O4. The van der Waals surface area contributed by atoms with Crippen molar-refractivity contribution in [2.45, 2.75) is 78.9 Å². The van der Waals surface area contributed by atoms with Crippen molar-refractivity contribution in [1.29, 1.82) is 0 Å². The molecule has 1 rings (SSSR count). The van der Waals surface area contributed by atoms with Crippen LogP contribution >= 0.6 is 0 Å². The number of hydrogen-bond acceptors (Lipinski definition) is 4. The predicted molar refractivity (Wildman–Crippen MR) is 114 cm³/mol. The second kappa shape index (κ2) is 10.2. The average molecular weight is 410 g/mol. The maximum atomic E-state index is 13.4. The number of hydrogen-bond donors (Lipinski definition) is 2. The second-order valence-electron chi connectivity index (χ2n) is 9.64. The lowest BCUT2D eigenvalue weighted by Crippen LogP contribution is -2.59. The van der Waals surface area contributed by atoms with Gasteiger partial charge in [0, 0.05) is 12.6 Å². The summed E-state index contributed by atoms with van der Waals surface area (Å²) >= 11 is 0. The van der Waals surface area contributed by atoms with Crippen molar-refractivity contribution in [3.8, 4) is 0 Å². The van der Waals surface area contributed by atoms with E-state index in [1.54, 1.807) is 18.0 Å². The minimum Gasteiger partial charge on any atom is -0.478 e. The molecule has 0 aromatic heterocycles. The molecule has 166 valence electrons. The number of rotatable bonds is 7. The molecule has 0 radical (unpaired) electrons. The number of likely N-dealkylation sites (N-methyl/N-ethyl adjacent to an activating group) is 2. The molecule has 0 aliphatic carbocycles. The van der Waals surface area contributed by atoms with Gasteiger partial charge in [0.15, 0.2) is 0 Å². The maximum absolute atomic E-state index is 13.4. The highest BCUT2D eigenvalue weighted by Crippen LogP contribution is 2.25. The third-order valence-corrected chi connectivity index (χ3v) is 5.71. The van der Waals surface area contributed by atoms with Gasteiger partial charge in [-0.2, -0.15) is 0 Å². The Morgan fingerprint density at radius 2 is 1.79 bits per heavy atom. The highest BCUT2D eigenvalue weighted by atomic mass is 16.4. The number of piperidine rings is 1. The van der Waals surface area contributed by atoms with Gasteiger partial charge < -0.3 is 15.3 Å². The Balaban J connectivity index is 3.10. The number of aliphatic carboxylic acids is 1. The molecule has 3 atom stereocenters. The fourth-order valence-electron chi connectivity index (χ4n) is 3.72. The molecular weight excluding hydrogens is 370 g/mol. The first-order chi connectivity index (χ1) is 13.3. The van der Waals surface area contributed by atoms with Crippen LogP contribution in [0.15, 0.2) is 11.6 Å². The fraction of sp³-hybridized carbons (Fsp3) is 0.773. The summed E-state index contributed by atoms with van der Waals surface area (Å²) in [5.41, 5.74) is -0.287. The predicted octanol–water partition coefficient (Wildman–Crippen LogP) is 2.52. The molecule has 0 spiro atoms. The summed E-state index contributed by atoms with van der Waals surface area (Å²) in [6, 6.07) is -1.30. The fourth-order valence-corrected chi connectivity index (χ4v) is 3.72. The van der Waals surface area contributed by atoms with Gasteiger partial charge in [-0.25, -0.2) is 4.79 Å². The van der Waals surface area contributed by atoms with E-state index in [0.29, 0.717) is 0 Å². The van der Waals surface area contributed by atoms with E-state index in [2.05, 4.69) is 5.32 Å². The van der Waals surface area contributed by atoms with Crippen molar-refractivity contribution in [3.05, 3.63) is 11.6 Å². The monoisotopic (exact) mass is 409 g/mol. The summed E-state index contributed by atoms with van der Waals surface area (Å²) in [4.78, 5) is 41.2. The van der Waals surface area contributed by atoms with Gasteiger partial charge in [-0.1, -0.05) is 47.1 Å². The lowest BCUT2D eigenvalue weighted by atomic mass is 9.84. The molecule has 29 heavy (non-hydrogen) atoms. The van der Waals surface area contributed by atoms with Gasteiger partial charge in [0.25, 0.3) is 0 Å². The zero-order chi connectivity index (χ0) is 22.5. The Morgan fingerprint density at radius 1 is 1.21 bits per heavy atom. The van der Waals surface area contributed by atoms with Crippen molar-refractivity contribution in [2.24, 2.45) is 11.3 Å². The first-order valence-corrected chi connectivity index (χ1v) is 10.5. The van der Waals surface area contributed by atoms with E-state index in [4.69, 9.17) is 0 Å². The molecule has 1 aliphatic heterocycles. The number of carboxylic acids is 1. The number of carboxylic acid groups (broad SMARTS) is 1. The van der Waals surface area contributed by atoms with Crippen LogP contribution in [0.1, 0.15) is 60.8 Å². The number of amides is 2. The molecule has 0 bridgehead atoms. The molecule has 7 heteroatoms. The standard InChI is InChI=1S/C22H39N3O4/c1-14(2)17(13-15(3)21(28)29)25(8)20(27)18(22(4,5)6)23-19(26)16-11-9-10-12-24(16)7/h13-14,16-18H,9-12H2,1-8H3,(H,23,26)(H,28,29)/t16?,17-,18-/m1/s1. The van der Waals surface area contributed by atoms with Gasteiger partial charge in [-0.05, 0) is 44.7 Å². The van der Waals surface area contributed by atoms with E-state index < -0.39 is 17.4 Å². The van der Waals surface area contributed by atoms with E-state index in [-0.39, 0.29) is 35.4 Å². The minimum absolute atomic E-state index is 0.0269. The van der Waals surface area contributed by atoms with Gasteiger partial charge >= 0.3 is 5.97 Å². The van der Waals surface area contributed by atoms with Crippen LogP contribution in [0, 0.1) is 11.3 Å². The quantitative estimate of drug-likeness (QED) is 0.631. The molecule has 1 heterocycles. The first kappa shape index (κ1) is 25.1.